The molecule has 0 aromatic carbocycles. The summed E-state index contributed by atoms with van der Waals surface area (Å²) in [4.78, 5) is 0. The van der Waals surface area contributed by atoms with Crippen LogP contribution in [0, 0.1) is 0 Å². The molecule has 0 aliphatic carbocycles. The average molecular weight is 115 g/mol. The van der Waals surface area contributed by atoms with Crippen LogP contribution in [0.15, 0.2) is 0 Å². The van der Waals surface area contributed by atoms with Crippen molar-refractivity contribution < 1.29 is 17.1 Å². The molecule has 0 aliphatic heterocycles. The SMILES string of the molecule is C.[B].[Fe].[SiH4]. The maximum atomic E-state index is 0. The minimum atomic E-state index is 0. The van der Waals surface area contributed by atoms with Crippen LogP contribution in [0.25, 0.3) is 0 Å². The van der Waals surface area contributed by atoms with E-state index in [1.165, 1.54) is 0 Å². The van der Waals surface area contributed by atoms with Crippen LogP contribution in [-0.4, -0.2) is 19.4 Å². The maximum Gasteiger partial charge on any atom is 0 e. The van der Waals surface area contributed by atoms with Gasteiger partial charge in [-0.2, -0.15) is 0 Å². The van der Waals surface area contributed by atoms with Crippen LogP contribution >= 0.6 is 0 Å². The molecule has 0 bridgehead atoms. The van der Waals surface area contributed by atoms with Gasteiger partial charge in [-0.15, -0.1) is 0 Å². The fourth-order valence-corrected chi connectivity index (χ4v) is 0. The third-order valence-corrected chi connectivity index (χ3v) is 0. The van der Waals surface area contributed by atoms with E-state index in [1.54, 1.807) is 0 Å². The van der Waals surface area contributed by atoms with E-state index in [1.807, 2.05) is 0 Å². The predicted molar refractivity (Wildman–Crippen MR) is 23.8 cm³/mol. The summed E-state index contributed by atoms with van der Waals surface area (Å²) < 4.78 is 0. The monoisotopic (exact) mass is 115 g/mol. The van der Waals surface area contributed by atoms with Gasteiger partial charge < -0.3 is 0 Å². The van der Waals surface area contributed by atoms with E-state index in [4.69, 9.17) is 0 Å². The zero-order chi connectivity index (χ0) is 0. The van der Waals surface area contributed by atoms with Crippen LogP contribution in [0.5, 0.6) is 0 Å². The first-order chi connectivity index (χ1) is 0. The second-order valence-corrected chi connectivity index (χ2v) is 0. The molecule has 0 saturated heterocycles. The van der Waals surface area contributed by atoms with Crippen LogP contribution in [0.2, 0.25) is 0 Å². The fraction of sp³-hybridized carbons (Fsp3) is 1.00. The molecule has 0 unspecified atom stereocenters. The Bertz CT molecular complexity index is 8.00. The van der Waals surface area contributed by atoms with Crippen molar-refractivity contribution in [2.75, 3.05) is 0 Å². The van der Waals surface area contributed by atoms with Gasteiger partial charge in [-0.25, -0.2) is 0 Å². The van der Waals surface area contributed by atoms with Crippen molar-refractivity contribution in [3.63, 3.8) is 0 Å². The summed E-state index contributed by atoms with van der Waals surface area (Å²) in [5.41, 5.74) is 0. The van der Waals surface area contributed by atoms with Gasteiger partial charge in [0.15, 0.2) is 0 Å². The summed E-state index contributed by atoms with van der Waals surface area (Å²) in [6.45, 7) is 0. The van der Waals surface area contributed by atoms with E-state index in [0.717, 1.165) is 0 Å². The molecule has 0 atom stereocenters. The molecular formula is CH8BFeSi. The van der Waals surface area contributed by atoms with Gasteiger partial charge >= 0.3 is 0 Å². The molecule has 0 nitrogen and oxygen atoms in total. The molecule has 0 N–H and O–H groups in total. The molecule has 0 rings (SSSR count). The summed E-state index contributed by atoms with van der Waals surface area (Å²) in [6.07, 6.45) is 0. The van der Waals surface area contributed by atoms with E-state index in [9.17, 15) is 0 Å². The molecule has 0 aromatic heterocycles. The normalized spacial score (nSPS) is 0. The first kappa shape index (κ1) is 108. The van der Waals surface area contributed by atoms with Crippen molar-refractivity contribution in [3.05, 3.63) is 0 Å². The molecule has 0 heterocycles. The van der Waals surface area contributed by atoms with E-state index in [0.29, 0.717) is 0 Å². The molecule has 3 heteroatoms. The summed E-state index contributed by atoms with van der Waals surface area (Å²) in [5.74, 6) is 0. The quantitative estimate of drug-likeness (QED) is 0.348. The van der Waals surface area contributed by atoms with Crippen molar-refractivity contribution in [1.29, 1.82) is 0 Å². The minimum Gasteiger partial charge on any atom is -0.0776 e. The van der Waals surface area contributed by atoms with Crippen molar-refractivity contribution >= 4 is 19.4 Å². The van der Waals surface area contributed by atoms with Gasteiger partial charge in [-0.3, -0.25) is 0 Å². The second kappa shape index (κ2) is 46.5. The van der Waals surface area contributed by atoms with Gasteiger partial charge in [0.25, 0.3) is 0 Å². The van der Waals surface area contributed by atoms with Crippen LogP contribution in [0.3, 0.4) is 0 Å². The third kappa shape index (κ3) is 14.2. The molecule has 0 aromatic rings. The van der Waals surface area contributed by atoms with Crippen LogP contribution in [0.4, 0.5) is 0 Å². The van der Waals surface area contributed by atoms with Gasteiger partial charge in [0.2, 0.25) is 0 Å². The van der Waals surface area contributed by atoms with Gasteiger partial charge in [0, 0.05) is 25.5 Å². The van der Waals surface area contributed by atoms with Gasteiger partial charge in [-0.05, 0) is 11.0 Å². The Kier molecular flexibility index (Phi) is 1250. The zero-order valence-electron chi connectivity index (χ0n) is 0.931. The van der Waals surface area contributed by atoms with Crippen molar-refractivity contribution in [1.82, 2.24) is 0 Å². The smallest absolute Gasteiger partial charge is 0 e. The number of rotatable bonds is 0. The van der Waals surface area contributed by atoms with E-state index in [2.05, 4.69) is 0 Å². The fourth-order valence-electron chi connectivity index (χ4n) is 0. The van der Waals surface area contributed by atoms with Crippen LogP contribution in [-0.2, 0) is 17.1 Å². The summed E-state index contributed by atoms with van der Waals surface area (Å²) in [5, 5.41) is 0. The van der Waals surface area contributed by atoms with E-state index >= 15 is 0 Å². The van der Waals surface area contributed by atoms with Gasteiger partial charge in [0.1, 0.15) is 0 Å². The predicted octanol–water partition coefficient (Wildman–Crippen LogP) is -1.20. The molecule has 0 saturated carbocycles. The largest absolute Gasteiger partial charge is 0.0776 e. The Morgan fingerprint density at radius 2 is 1.00 bits per heavy atom. The Hall–Kier alpha value is 0.801. The molecule has 3 radical (unpaired) electrons. The van der Waals surface area contributed by atoms with Crippen molar-refractivity contribution in [3.8, 4) is 0 Å². The first-order valence-electron chi connectivity index (χ1n) is 0. The minimum absolute atomic E-state index is 0. The topological polar surface area (TPSA) is 0 Å². The molecule has 0 spiro atoms. The van der Waals surface area contributed by atoms with Crippen LogP contribution in [0.1, 0.15) is 7.43 Å². The summed E-state index contributed by atoms with van der Waals surface area (Å²) in [7, 11) is 0. The van der Waals surface area contributed by atoms with Gasteiger partial charge in [0.05, 0.1) is 0 Å². The average Bonchev–Trinajstić information content (AvgIpc) is 0. The Morgan fingerprint density at radius 1 is 1.00 bits per heavy atom. The van der Waals surface area contributed by atoms with Crippen molar-refractivity contribution in [2.24, 2.45) is 0 Å². The zero-order valence-corrected chi connectivity index (χ0v) is 2.04. The Morgan fingerprint density at radius 3 is 1.00 bits per heavy atom. The molecule has 0 aliphatic rings. The molecule has 0 fully saturated rings. The molecule has 27 valence electrons. The van der Waals surface area contributed by atoms with Gasteiger partial charge in [-0.1, -0.05) is 7.43 Å². The second-order valence-electron chi connectivity index (χ2n) is 0. The van der Waals surface area contributed by atoms with Crippen LogP contribution < -0.4 is 0 Å². The first-order valence-corrected chi connectivity index (χ1v) is 0. The standard InChI is InChI=1S/CH4.B.Fe.H4Si/h1H4;;;1H4. The number of hydrogen-bond acceptors (Lipinski definition) is 0. The molecular weight excluding hydrogens is 107 g/mol. The van der Waals surface area contributed by atoms with Crippen molar-refractivity contribution in [2.45, 2.75) is 7.43 Å². The molecule has 0 amide bonds. The maximum absolute atomic E-state index is 0. The Labute approximate surface area is 44.4 Å². The number of hydrogen-bond donors (Lipinski definition) is 0. The Balaban J connectivity index is 0. The summed E-state index contributed by atoms with van der Waals surface area (Å²) in [6, 6.07) is 0. The van der Waals surface area contributed by atoms with E-state index < -0.39 is 0 Å². The summed E-state index contributed by atoms with van der Waals surface area (Å²) >= 11 is 0. The van der Waals surface area contributed by atoms with E-state index in [-0.39, 0.29) is 43.9 Å². The molecule has 4 heavy (non-hydrogen) atoms. The third-order valence-electron chi connectivity index (χ3n) is 0.